The van der Waals surface area contributed by atoms with Crippen LogP contribution in [0.5, 0.6) is 0 Å². The van der Waals surface area contributed by atoms with E-state index in [0.29, 0.717) is 23.4 Å². The molecular formula is C24H32BrN3O. The number of hydrogen-bond donors (Lipinski definition) is 1. The number of anilines is 1. The van der Waals surface area contributed by atoms with Gasteiger partial charge in [0.2, 0.25) is 5.91 Å². The minimum atomic E-state index is 0.127. The van der Waals surface area contributed by atoms with Gasteiger partial charge in [0.1, 0.15) is 5.82 Å². The Labute approximate surface area is 182 Å². The van der Waals surface area contributed by atoms with Crippen molar-refractivity contribution in [1.29, 1.82) is 0 Å². The van der Waals surface area contributed by atoms with E-state index in [0.717, 1.165) is 28.5 Å². The number of hydrogen-bond acceptors (Lipinski definition) is 3. The average Bonchev–Trinajstić information content (AvgIpc) is 3.03. The summed E-state index contributed by atoms with van der Waals surface area (Å²) in [7, 11) is 2.00. The lowest BCUT2D eigenvalue weighted by atomic mass is 9.48. The van der Waals surface area contributed by atoms with Crippen LogP contribution in [0.3, 0.4) is 0 Å². The van der Waals surface area contributed by atoms with Crippen molar-refractivity contribution in [3.63, 3.8) is 0 Å². The molecule has 0 saturated heterocycles. The molecular weight excluding hydrogens is 426 g/mol. The number of aromatic nitrogens is 1. The van der Waals surface area contributed by atoms with Crippen molar-refractivity contribution < 1.29 is 4.79 Å². The predicted octanol–water partition coefficient (Wildman–Crippen LogP) is 5.26. The molecule has 156 valence electrons. The zero-order valence-corrected chi connectivity index (χ0v) is 19.3. The molecule has 1 aromatic heterocycles. The molecule has 0 bridgehead atoms. The molecule has 3 aliphatic carbocycles. The van der Waals surface area contributed by atoms with Gasteiger partial charge in [0, 0.05) is 30.7 Å². The van der Waals surface area contributed by atoms with Gasteiger partial charge in [-0.05, 0) is 95.8 Å². The van der Waals surface area contributed by atoms with Crippen molar-refractivity contribution in [3.05, 3.63) is 35.0 Å². The Morgan fingerprint density at radius 1 is 1.17 bits per heavy atom. The van der Waals surface area contributed by atoms with Gasteiger partial charge < -0.3 is 10.2 Å². The minimum absolute atomic E-state index is 0.127. The van der Waals surface area contributed by atoms with Crippen LogP contribution in [0.1, 0.15) is 52.4 Å². The second kappa shape index (κ2) is 6.83. The van der Waals surface area contributed by atoms with Gasteiger partial charge >= 0.3 is 0 Å². The maximum absolute atomic E-state index is 12.2. The molecule has 1 aromatic rings. The zero-order chi connectivity index (χ0) is 20.4. The molecule has 29 heavy (non-hydrogen) atoms. The van der Waals surface area contributed by atoms with Gasteiger partial charge in [0.05, 0.1) is 4.47 Å². The van der Waals surface area contributed by atoms with Crippen molar-refractivity contribution >= 4 is 27.7 Å². The lowest BCUT2D eigenvalue weighted by molar-refractivity contribution is -0.138. The Balaban J connectivity index is 1.41. The lowest BCUT2D eigenvalue weighted by Gasteiger charge is -2.60. The number of carbonyl (C=O) groups is 1. The summed E-state index contributed by atoms with van der Waals surface area (Å²) >= 11 is 3.66. The standard InChI is InChI=1S/C24H32BrN3O/c1-23-12-10-17-15(6-9-20-24(17,2)13-11-21(29)28(20)3)16(23)7-8-19(23)27-22-18(25)5-4-14-26-22/h4-5,11,13-17,19-20H,6-10,12H2,1-3H3,(H,26,27)/t15-,16-,17-,19-,20+,23-,24+/m0/s1. The molecule has 1 N–H and O–H groups in total. The van der Waals surface area contributed by atoms with Crippen molar-refractivity contribution in [2.24, 2.45) is 28.6 Å². The molecule has 2 heterocycles. The number of rotatable bonds is 2. The molecule has 0 radical (unpaired) electrons. The van der Waals surface area contributed by atoms with Crippen LogP contribution in [-0.4, -0.2) is 34.9 Å². The number of fused-ring (bicyclic) bond motifs is 5. The van der Waals surface area contributed by atoms with Crippen LogP contribution in [0, 0.1) is 28.6 Å². The highest BCUT2D eigenvalue weighted by molar-refractivity contribution is 9.10. The Morgan fingerprint density at radius 2 is 2.00 bits per heavy atom. The van der Waals surface area contributed by atoms with E-state index in [1.807, 2.05) is 30.3 Å². The molecule has 0 spiro atoms. The van der Waals surface area contributed by atoms with Crippen molar-refractivity contribution in [2.45, 2.75) is 64.5 Å². The molecule has 4 nitrogen and oxygen atoms in total. The fourth-order valence-corrected chi connectivity index (χ4v) is 8.00. The summed E-state index contributed by atoms with van der Waals surface area (Å²) in [6, 6.07) is 4.89. The highest BCUT2D eigenvalue weighted by Crippen LogP contribution is 2.64. The fourth-order valence-electron chi connectivity index (χ4n) is 7.63. The Bertz CT molecular complexity index is 856. The van der Waals surface area contributed by atoms with E-state index < -0.39 is 0 Å². The van der Waals surface area contributed by atoms with E-state index >= 15 is 0 Å². The van der Waals surface area contributed by atoms with Crippen LogP contribution in [0.15, 0.2) is 35.0 Å². The van der Waals surface area contributed by atoms with E-state index in [9.17, 15) is 4.79 Å². The van der Waals surface area contributed by atoms with Crippen LogP contribution in [-0.2, 0) is 4.79 Å². The second-order valence-electron chi connectivity index (χ2n) is 10.3. The van der Waals surface area contributed by atoms with Gasteiger partial charge in [-0.2, -0.15) is 0 Å². The first kappa shape index (κ1) is 19.6. The van der Waals surface area contributed by atoms with Crippen LogP contribution in [0.2, 0.25) is 0 Å². The van der Waals surface area contributed by atoms with E-state index in [-0.39, 0.29) is 11.3 Å². The first-order valence-electron chi connectivity index (χ1n) is 11.2. The summed E-state index contributed by atoms with van der Waals surface area (Å²) in [4.78, 5) is 18.8. The third-order valence-corrected chi connectivity index (χ3v) is 9.84. The monoisotopic (exact) mass is 457 g/mol. The fraction of sp³-hybridized carbons (Fsp3) is 0.667. The quantitative estimate of drug-likeness (QED) is 0.657. The molecule has 1 aliphatic heterocycles. The first-order valence-corrected chi connectivity index (χ1v) is 12.0. The summed E-state index contributed by atoms with van der Waals surface area (Å²) in [6.45, 7) is 4.95. The third kappa shape index (κ3) is 2.83. The largest absolute Gasteiger partial charge is 0.366 e. The van der Waals surface area contributed by atoms with Crippen molar-refractivity contribution in [1.82, 2.24) is 9.88 Å². The van der Waals surface area contributed by atoms with Crippen LogP contribution >= 0.6 is 15.9 Å². The number of halogens is 1. The summed E-state index contributed by atoms with van der Waals surface area (Å²) < 4.78 is 1.05. The van der Waals surface area contributed by atoms with Crippen molar-refractivity contribution in [2.75, 3.05) is 12.4 Å². The van der Waals surface area contributed by atoms with Gasteiger partial charge in [-0.15, -0.1) is 0 Å². The molecule has 0 unspecified atom stereocenters. The maximum atomic E-state index is 12.2. The van der Waals surface area contributed by atoms with E-state index in [1.165, 1.54) is 32.1 Å². The summed E-state index contributed by atoms with van der Waals surface area (Å²) in [6.07, 6.45) is 13.4. The van der Waals surface area contributed by atoms with Gasteiger partial charge in [-0.25, -0.2) is 4.98 Å². The summed E-state index contributed by atoms with van der Waals surface area (Å²) in [5.41, 5.74) is 0.448. The zero-order valence-electron chi connectivity index (χ0n) is 17.7. The smallest absolute Gasteiger partial charge is 0.246 e. The SMILES string of the molecule is CN1C(=O)C=C[C@]2(C)[C@H]3CC[C@]4(C)[C@@H](Nc5ncccc5Br)CC[C@H]4[C@@H]3CC[C@@H]12. The molecule has 3 fully saturated rings. The molecule has 7 atom stereocenters. The molecule has 0 aromatic carbocycles. The van der Waals surface area contributed by atoms with Crippen LogP contribution in [0.25, 0.3) is 0 Å². The van der Waals surface area contributed by atoms with E-state index in [1.54, 1.807) is 0 Å². The van der Waals surface area contributed by atoms with Crippen molar-refractivity contribution in [3.8, 4) is 0 Å². The topological polar surface area (TPSA) is 45.2 Å². The first-order chi connectivity index (χ1) is 13.8. The number of carbonyl (C=O) groups excluding carboxylic acids is 1. The molecule has 5 heteroatoms. The van der Waals surface area contributed by atoms with Gasteiger partial charge in [-0.1, -0.05) is 19.9 Å². The summed E-state index contributed by atoms with van der Waals surface area (Å²) in [5.74, 6) is 3.37. The Morgan fingerprint density at radius 3 is 2.79 bits per heavy atom. The minimum Gasteiger partial charge on any atom is -0.366 e. The summed E-state index contributed by atoms with van der Waals surface area (Å²) in [5, 5.41) is 3.80. The number of pyridine rings is 1. The second-order valence-corrected chi connectivity index (χ2v) is 11.1. The molecule has 3 saturated carbocycles. The number of likely N-dealkylation sites (N-methyl/N-ethyl adjacent to an activating group) is 1. The maximum Gasteiger partial charge on any atom is 0.246 e. The van der Waals surface area contributed by atoms with Gasteiger partial charge in [0.25, 0.3) is 0 Å². The van der Waals surface area contributed by atoms with E-state index in [2.05, 4.69) is 52.2 Å². The number of nitrogens with one attached hydrogen (secondary N) is 1. The Hall–Kier alpha value is -1.36. The normalized spacial score (nSPS) is 43.5. The highest BCUT2D eigenvalue weighted by atomic mass is 79.9. The van der Waals surface area contributed by atoms with Gasteiger partial charge in [-0.3, -0.25) is 4.79 Å². The number of amides is 1. The molecule has 5 rings (SSSR count). The van der Waals surface area contributed by atoms with Crippen LogP contribution in [0.4, 0.5) is 5.82 Å². The Kier molecular flexibility index (Phi) is 4.61. The molecule has 4 aliphatic rings. The van der Waals surface area contributed by atoms with Crippen LogP contribution < -0.4 is 5.32 Å². The third-order valence-electron chi connectivity index (χ3n) is 9.20. The van der Waals surface area contributed by atoms with E-state index in [4.69, 9.17) is 0 Å². The lowest BCUT2D eigenvalue weighted by Crippen LogP contribution is -2.60. The van der Waals surface area contributed by atoms with Gasteiger partial charge in [0.15, 0.2) is 0 Å². The average molecular weight is 458 g/mol. The highest BCUT2D eigenvalue weighted by Gasteiger charge is 2.60. The molecule has 1 amide bonds. The number of nitrogens with zero attached hydrogens (tertiary/aromatic N) is 2. The predicted molar refractivity (Wildman–Crippen MR) is 119 cm³/mol.